The van der Waals surface area contributed by atoms with Gasteiger partial charge >= 0.3 is 5.97 Å². The number of carboxylic acids is 1. The van der Waals surface area contributed by atoms with Crippen LogP contribution in [0, 0.1) is 11.3 Å². The Morgan fingerprint density at radius 1 is 0.892 bits per heavy atom. The number of thiol groups is 1. The van der Waals surface area contributed by atoms with E-state index in [0.29, 0.717) is 13.0 Å². The molecule has 0 aromatic heterocycles. The number of rotatable bonds is 17. The highest BCUT2D eigenvalue weighted by atomic mass is 32.1. The Kier molecular flexibility index (Phi) is 15.9. The summed E-state index contributed by atoms with van der Waals surface area (Å²) in [5.41, 5.74) is 11.1. The number of carboxylic acid groups (broad SMARTS) is 1. The van der Waals surface area contributed by atoms with Crippen LogP contribution in [0.4, 0.5) is 0 Å². The molecule has 0 fully saturated rings. The fourth-order valence-electron chi connectivity index (χ4n) is 2.97. The number of hydrogen-bond acceptors (Lipinski definition) is 9. The van der Waals surface area contributed by atoms with Crippen molar-refractivity contribution in [3.05, 3.63) is 0 Å². The smallest absolute Gasteiger partial charge is 0.325 e. The molecule has 0 radical (unpaired) electrons. The normalized spacial score (nSPS) is 14.9. The van der Waals surface area contributed by atoms with Crippen LogP contribution in [0.2, 0.25) is 0 Å². The van der Waals surface area contributed by atoms with Crippen LogP contribution in [-0.2, 0) is 24.0 Å². The molecule has 16 heteroatoms. The van der Waals surface area contributed by atoms with E-state index < -0.39 is 66.4 Å². The van der Waals surface area contributed by atoms with Crippen molar-refractivity contribution in [2.75, 3.05) is 18.9 Å². The number of aliphatic carboxylic acids is 1. The molecule has 0 aliphatic carbocycles. The van der Waals surface area contributed by atoms with Gasteiger partial charge in [-0.3, -0.25) is 29.4 Å². The molecule has 0 saturated heterocycles. The lowest BCUT2D eigenvalue weighted by atomic mass is 10.0. The van der Waals surface area contributed by atoms with Gasteiger partial charge in [0, 0.05) is 12.3 Å². The molecule has 0 bridgehead atoms. The summed E-state index contributed by atoms with van der Waals surface area (Å²) in [6.07, 6.45) is 0.926. The maximum Gasteiger partial charge on any atom is 0.325 e. The maximum atomic E-state index is 12.9. The number of nitrogens with two attached hydrogens (primary N) is 2. The Morgan fingerprint density at radius 3 is 1.89 bits per heavy atom. The van der Waals surface area contributed by atoms with Gasteiger partial charge in [0.05, 0.1) is 12.6 Å². The van der Waals surface area contributed by atoms with Crippen molar-refractivity contribution >= 4 is 48.2 Å². The summed E-state index contributed by atoms with van der Waals surface area (Å²) in [5, 5.41) is 37.7. The minimum atomic E-state index is -1.46. The Bertz CT molecular complexity index is 814. The topological polar surface area (TPSA) is 262 Å². The van der Waals surface area contributed by atoms with Crippen molar-refractivity contribution in [2.45, 2.75) is 70.2 Å². The first kappa shape index (κ1) is 33.9. The molecule has 15 nitrogen and oxygen atoms in total. The van der Waals surface area contributed by atoms with Crippen LogP contribution in [0.3, 0.4) is 0 Å². The third-order valence-electron chi connectivity index (χ3n) is 5.04. The maximum absolute atomic E-state index is 12.9. The number of aliphatic hydroxyl groups is 1. The second-order valence-electron chi connectivity index (χ2n) is 8.84. The highest BCUT2D eigenvalue weighted by Crippen LogP contribution is 2.07. The van der Waals surface area contributed by atoms with Crippen molar-refractivity contribution in [1.82, 2.24) is 26.6 Å². The van der Waals surface area contributed by atoms with Gasteiger partial charge in [-0.25, -0.2) is 0 Å². The third kappa shape index (κ3) is 13.7. The van der Waals surface area contributed by atoms with E-state index in [-0.39, 0.29) is 30.5 Å². The van der Waals surface area contributed by atoms with Gasteiger partial charge in [-0.1, -0.05) is 13.8 Å². The Morgan fingerprint density at radius 2 is 1.41 bits per heavy atom. The van der Waals surface area contributed by atoms with Gasteiger partial charge < -0.3 is 48.3 Å². The lowest BCUT2D eigenvalue weighted by Crippen LogP contribution is -2.59. The van der Waals surface area contributed by atoms with Gasteiger partial charge in [0.15, 0.2) is 5.96 Å². The van der Waals surface area contributed by atoms with Crippen LogP contribution in [-0.4, -0.2) is 94.9 Å². The fraction of sp³-hybridized carbons (Fsp3) is 0.714. The molecule has 12 N–H and O–H groups in total. The lowest BCUT2D eigenvalue weighted by molar-refractivity contribution is -0.141. The van der Waals surface area contributed by atoms with Crippen molar-refractivity contribution in [2.24, 2.45) is 17.4 Å². The summed E-state index contributed by atoms with van der Waals surface area (Å²) in [4.78, 5) is 61.2. The van der Waals surface area contributed by atoms with Gasteiger partial charge in [0.1, 0.15) is 24.2 Å². The molecule has 0 saturated carbocycles. The SMILES string of the molecule is CC(C)C[C@H](NC(=O)[C@@H](N)CCCNC(=N)N)C(=O)N[C@@H](CO)C(=O)N[C@@H](CS)C(=O)N[C@@H](C)C(=O)O. The standard InChI is InChI=1S/C21H40N8O7S/c1-10(2)7-13(27-16(31)12(22)5-4-6-25-21(23)24)17(32)28-14(8-30)18(33)29-15(9-37)19(34)26-11(3)20(35)36/h10-15,30,37H,4-9,22H2,1-3H3,(H,26,34)(H,27,31)(H,28,32)(H,29,33)(H,35,36)(H4,23,24,25)/t11-,12-,13-,14-,15-/m0/s1. The number of guanidine groups is 1. The van der Waals surface area contributed by atoms with Gasteiger partial charge in [0.2, 0.25) is 23.6 Å². The largest absolute Gasteiger partial charge is 0.480 e. The summed E-state index contributed by atoms with van der Waals surface area (Å²) in [6.45, 7) is 4.43. The molecule has 0 heterocycles. The molecule has 0 spiro atoms. The second-order valence-corrected chi connectivity index (χ2v) is 9.20. The van der Waals surface area contributed by atoms with Crippen LogP contribution in [0.25, 0.3) is 0 Å². The van der Waals surface area contributed by atoms with E-state index >= 15 is 0 Å². The number of carbonyl (C=O) groups excluding carboxylic acids is 4. The van der Waals surface area contributed by atoms with Crippen LogP contribution >= 0.6 is 12.6 Å². The first-order chi connectivity index (χ1) is 17.2. The average molecular weight is 549 g/mol. The lowest BCUT2D eigenvalue weighted by Gasteiger charge is -2.25. The summed E-state index contributed by atoms with van der Waals surface area (Å²) >= 11 is 3.99. The number of amides is 4. The molecule has 0 aliphatic rings. The molecule has 0 aromatic rings. The predicted octanol–water partition coefficient (Wildman–Crippen LogP) is -3.41. The van der Waals surface area contributed by atoms with Crippen LogP contribution in [0.1, 0.15) is 40.0 Å². The molecule has 0 aliphatic heterocycles. The summed E-state index contributed by atoms with van der Waals surface area (Å²) in [5.74, 6) is -4.73. The van der Waals surface area contributed by atoms with E-state index in [9.17, 15) is 29.1 Å². The number of aliphatic hydroxyl groups excluding tert-OH is 1. The third-order valence-corrected chi connectivity index (χ3v) is 5.41. The molecule has 5 atom stereocenters. The quantitative estimate of drug-likeness (QED) is 0.0371. The van der Waals surface area contributed by atoms with Crippen LogP contribution in [0.15, 0.2) is 0 Å². The van der Waals surface area contributed by atoms with Crippen molar-refractivity contribution in [1.29, 1.82) is 5.41 Å². The summed E-state index contributed by atoms with van der Waals surface area (Å²) in [6, 6.07) is -5.90. The Labute approximate surface area is 221 Å². The van der Waals surface area contributed by atoms with Crippen molar-refractivity contribution < 1.29 is 34.2 Å². The minimum Gasteiger partial charge on any atom is -0.480 e. The van der Waals surface area contributed by atoms with E-state index in [4.69, 9.17) is 22.0 Å². The van der Waals surface area contributed by atoms with E-state index in [0.717, 1.165) is 0 Å². The van der Waals surface area contributed by atoms with E-state index in [1.54, 1.807) is 0 Å². The molecule has 37 heavy (non-hydrogen) atoms. The van der Waals surface area contributed by atoms with Gasteiger partial charge in [0.25, 0.3) is 0 Å². The molecular formula is C21H40N8O7S. The van der Waals surface area contributed by atoms with E-state index in [1.165, 1.54) is 6.92 Å². The molecule has 0 aromatic carbocycles. The van der Waals surface area contributed by atoms with Crippen LogP contribution < -0.4 is 38.1 Å². The molecule has 0 unspecified atom stereocenters. The molecule has 0 rings (SSSR count). The molecule has 4 amide bonds. The zero-order valence-electron chi connectivity index (χ0n) is 21.2. The Hall–Kier alpha value is -3.11. The average Bonchev–Trinajstić information content (AvgIpc) is 2.81. The summed E-state index contributed by atoms with van der Waals surface area (Å²) < 4.78 is 0. The van der Waals surface area contributed by atoms with Crippen molar-refractivity contribution in [3.63, 3.8) is 0 Å². The zero-order chi connectivity index (χ0) is 28.7. The fourth-order valence-corrected chi connectivity index (χ4v) is 3.22. The van der Waals surface area contributed by atoms with Gasteiger partial charge in [-0.2, -0.15) is 12.6 Å². The monoisotopic (exact) mass is 548 g/mol. The minimum absolute atomic E-state index is 0.0260. The van der Waals surface area contributed by atoms with Crippen molar-refractivity contribution in [3.8, 4) is 0 Å². The van der Waals surface area contributed by atoms with E-state index in [2.05, 4.69) is 39.2 Å². The first-order valence-corrected chi connectivity index (χ1v) is 12.4. The first-order valence-electron chi connectivity index (χ1n) is 11.7. The van der Waals surface area contributed by atoms with E-state index in [1.807, 2.05) is 13.8 Å². The number of hydrogen-bond donors (Lipinski definition) is 11. The number of nitrogens with one attached hydrogen (secondary N) is 6. The summed E-state index contributed by atoms with van der Waals surface area (Å²) in [7, 11) is 0. The number of carbonyl (C=O) groups is 5. The second kappa shape index (κ2) is 17.4. The van der Waals surface area contributed by atoms with Crippen LogP contribution in [0.5, 0.6) is 0 Å². The Balaban J connectivity index is 5.19. The highest BCUT2D eigenvalue weighted by molar-refractivity contribution is 7.80. The predicted molar refractivity (Wildman–Crippen MR) is 139 cm³/mol. The van der Waals surface area contributed by atoms with Gasteiger partial charge in [-0.05, 0) is 32.1 Å². The highest BCUT2D eigenvalue weighted by Gasteiger charge is 2.30. The van der Waals surface area contributed by atoms with Gasteiger partial charge in [-0.15, -0.1) is 0 Å². The molecule has 212 valence electrons. The molecular weight excluding hydrogens is 508 g/mol. The zero-order valence-corrected chi connectivity index (χ0v) is 22.1.